The molecule has 6 heteroatoms. The second-order valence-corrected chi connectivity index (χ2v) is 9.38. The van der Waals surface area contributed by atoms with Crippen LogP contribution in [-0.2, 0) is 0 Å². The predicted molar refractivity (Wildman–Crippen MR) is 157 cm³/mol. The van der Waals surface area contributed by atoms with Gasteiger partial charge in [-0.2, -0.15) is 10.2 Å². The quantitative estimate of drug-likeness (QED) is 0.150. The van der Waals surface area contributed by atoms with E-state index in [2.05, 4.69) is 20.5 Å². The van der Waals surface area contributed by atoms with Gasteiger partial charge in [0.05, 0.1) is 11.4 Å². The van der Waals surface area contributed by atoms with Gasteiger partial charge in [-0.25, -0.2) is 0 Å². The zero-order valence-electron chi connectivity index (χ0n) is 22.2. The van der Waals surface area contributed by atoms with Gasteiger partial charge in [0, 0.05) is 22.3 Å². The molecular weight excluding hydrogens is 496 g/mol. The summed E-state index contributed by atoms with van der Waals surface area (Å²) in [5, 5.41) is 17.4. The van der Waals surface area contributed by atoms with Gasteiger partial charge in [0.2, 0.25) is 0 Å². The van der Waals surface area contributed by atoms with E-state index in [9.17, 15) is 9.59 Å². The van der Waals surface area contributed by atoms with Crippen LogP contribution in [0, 0.1) is 13.8 Å². The fraction of sp³-hybridized carbons (Fsp3) is 0.0588. The first-order valence-corrected chi connectivity index (χ1v) is 12.8. The van der Waals surface area contributed by atoms with Gasteiger partial charge in [0.25, 0.3) is 0 Å². The van der Waals surface area contributed by atoms with Crippen molar-refractivity contribution in [2.75, 3.05) is 0 Å². The maximum Gasteiger partial charge on any atom is 0.193 e. The fourth-order valence-corrected chi connectivity index (χ4v) is 4.02. The van der Waals surface area contributed by atoms with Gasteiger partial charge < -0.3 is 0 Å². The van der Waals surface area contributed by atoms with E-state index in [4.69, 9.17) is 0 Å². The third kappa shape index (κ3) is 6.37. The summed E-state index contributed by atoms with van der Waals surface area (Å²) in [6.07, 6.45) is 0. The number of aryl methyl sites for hydroxylation is 2. The van der Waals surface area contributed by atoms with Crippen LogP contribution >= 0.6 is 0 Å². The Kier molecular flexibility index (Phi) is 7.88. The van der Waals surface area contributed by atoms with E-state index < -0.39 is 0 Å². The number of azo groups is 2. The summed E-state index contributed by atoms with van der Waals surface area (Å²) in [4.78, 5) is 25.8. The minimum atomic E-state index is -0.0747. The molecule has 0 aliphatic carbocycles. The summed E-state index contributed by atoms with van der Waals surface area (Å²) >= 11 is 0. The van der Waals surface area contributed by atoms with Gasteiger partial charge in [-0.3, -0.25) is 9.59 Å². The number of hydrogen-bond donors (Lipinski definition) is 0. The number of carbonyl (C=O) groups is 2. The zero-order chi connectivity index (χ0) is 27.9. The molecule has 0 aromatic heterocycles. The van der Waals surface area contributed by atoms with E-state index in [0.29, 0.717) is 45.0 Å². The van der Waals surface area contributed by atoms with Crippen molar-refractivity contribution in [1.82, 2.24) is 0 Å². The van der Waals surface area contributed by atoms with Crippen molar-refractivity contribution in [1.29, 1.82) is 0 Å². The molecule has 0 saturated carbocycles. The van der Waals surface area contributed by atoms with E-state index in [-0.39, 0.29) is 11.6 Å². The molecule has 0 spiro atoms. The Morgan fingerprint density at radius 2 is 0.825 bits per heavy atom. The first kappa shape index (κ1) is 26.3. The van der Waals surface area contributed by atoms with E-state index in [1.165, 1.54) is 0 Å². The summed E-state index contributed by atoms with van der Waals surface area (Å²) in [6, 6.07) is 36.3. The molecule has 0 heterocycles. The molecule has 0 atom stereocenters. The Morgan fingerprint density at radius 1 is 0.425 bits per heavy atom. The highest BCUT2D eigenvalue weighted by Gasteiger charge is 2.11. The molecule has 0 unspecified atom stereocenters. The molecule has 0 radical (unpaired) electrons. The Bertz CT molecular complexity index is 1610. The Balaban J connectivity index is 1.34. The molecule has 0 aliphatic rings. The Hall–Kier alpha value is -5.36. The van der Waals surface area contributed by atoms with Crippen LogP contribution in [0.3, 0.4) is 0 Å². The fourth-order valence-electron chi connectivity index (χ4n) is 4.02. The highest BCUT2D eigenvalue weighted by atomic mass is 16.1. The number of hydrogen-bond acceptors (Lipinski definition) is 6. The van der Waals surface area contributed by atoms with Gasteiger partial charge in [0.1, 0.15) is 11.4 Å². The van der Waals surface area contributed by atoms with E-state index >= 15 is 0 Å². The lowest BCUT2D eigenvalue weighted by Gasteiger charge is -2.03. The summed E-state index contributed by atoms with van der Waals surface area (Å²) < 4.78 is 0. The molecule has 0 fully saturated rings. The molecule has 0 N–H and O–H groups in total. The lowest BCUT2D eigenvalue weighted by atomic mass is 10.0. The molecule has 5 rings (SSSR count). The number of carbonyl (C=O) groups excluding carboxylic acids is 2. The van der Waals surface area contributed by atoms with Crippen LogP contribution in [0.2, 0.25) is 0 Å². The third-order valence-corrected chi connectivity index (χ3v) is 6.27. The molecule has 5 aromatic rings. The summed E-state index contributed by atoms with van der Waals surface area (Å²) in [5.74, 6) is -0.149. The lowest BCUT2D eigenvalue weighted by Crippen LogP contribution is -2.00. The molecule has 40 heavy (non-hydrogen) atoms. The van der Waals surface area contributed by atoms with Crippen LogP contribution in [0.1, 0.15) is 43.0 Å². The molecular formula is C34H26N4O2. The van der Waals surface area contributed by atoms with Crippen LogP contribution in [0.25, 0.3) is 0 Å². The standard InChI is InChI=1S/C34H26N4O2/c1-23-13-17-25(18-14-23)33(39)27-7-5-9-29(21-27)35-37-31-11-3-4-12-32(31)38-36-30-10-6-8-28(22-30)34(40)26-19-15-24(2)16-20-26/h3-22H,1-2H3. The van der Waals surface area contributed by atoms with Gasteiger partial charge in [-0.05, 0) is 50.2 Å². The zero-order valence-corrected chi connectivity index (χ0v) is 22.2. The first-order chi connectivity index (χ1) is 19.5. The van der Waals surface area contributed by atoms with Crippen LogP contribution in [0.15, 0.2) is 142 Å². The summed E-state index contributed by atoms with van der Waals surface area (Å²) in [6.45, 7) is 3.97. The second kappa shape index (κ2) is 12.0. The van der Waals surface area contributed by atoms with Crippen molar-refractivity contribution in [2.45, 2.75) is 13.8 Å². The monoisotopic (exact) mass is 522 g/mol. The second-order valence-electron chi connectivity index (χ2n) is 9.38. The maximum atomic E-state index is 12.9. The van der Waals surface area contributed by atoms with Gasteiger partial charge in [0.15, 0.2) is 11.6 Å². The molecule has 0 aliphatic heterocycles. The Labute approximate surface area is 232 Å². The minimum Gasteiger partial charge on any atom is -0.289 e. The van der Waals surface area contributed by atoms with Crippen LogP contribution in [0.5, 0.6) is 0 Å². The van der Waals surface area contributed by atoms with Crippen molar-refractivity contribution in [3.8, 4) is 0 Å². The van der Waals surface area contributed by atoms with Crippen molar-refractivity contribution >= 4 is 34.3 Å². The number of benzene rings is 5. The molecule has 0 amide bonds. The summed E-state index contributed by atoms with van der Waals surface area (Å²) in [7, 11) is 0. The highest BCUT2D eigenvalue weighted by Crippen LogP contribution is 2.31. The van der Waals surface area contributed by atoms with Gasteiger partial charge >= 0.3 is 0 Å². The minimum absolute atomic E-state index is 0.0747. The average molecular weight is 523 g/mol. The van der Waals surface area contributed by atoms with E-state index in [1.807, 2.05) is 74.5 Å². The molecule has 194 valence electrons. The van der Waals surface area contributed by atoms with Gasteiger partial charge in [-0.1, -0.05) is 96.1 Å². The molecule has 0 saturated heterocycles. The maximum absolute atomic E-state index is 12.9. The molecule has 6 nitrogen and oxygen atoms in total. The lowest BCUT2D eigenvalue weighted by molar-refractivity contribution is 0.103. The van der Waals surface area contributed by atoms with E-state index in [0.717, 1.165) is 11.1 Å². The number of rotatable bonds is 8. The SMILES string of the molecule is Cc1ccc(C(=O)c2cccc(N=Nc3ccccc3N=Nc3cccc(C(=O)c4ccc(C)cc4)c3)c2)cc1. The smallest absolute Gasteiger partial charge is 0.193 e. The topological polar surface area (TPSA) is 83.6 Å². The van der Waals surface area contributed by atoms with Crippen molar-refractivity contribution in [3.63, 3.8) is 0 Å². The Morgan fingerprint density at radius 3 is 1.23 bits per heavy atom. The van der Waals surface area contributed by atoms with Crippen LogP contribution in [-0.4, -0.2) is 11.6 Å². The van der Waals surface area contributed by atoms with Crippen LogP contribution < -0.4 is 0 Å². The highest BCUT2D eigenvalue weighted by molar-refractivity contribution is 6.10. The number of nitrogens with zero attached hydrogens (tertiary/aromatic N) is 4. The summed E-state index contributed by atoms with van der Waals surface area (Å²) in [5.41, 5.74) is 6.64. The van der Waals surface area contributed by atoms with Crippen LogP contribution in [0.4, 0.5) is 22.7 Å². The normalized spacial score (nSPS) is 11.2. The number of ketones is 2. The van der Waals surface area contributed by atoms with Crippen molar-refractivity contribution < 1.29 is 9.59 Å². The van der Waals surface area contributed by atoms with E-state index in [1.54, 1.807) is 60.7 Å². The van der Waals surface area contributed by atoms with Crippen molar-refractivity contribution in [2.24, 2.45) is 20.5 Å². The van der Waals surface area contributed by atoms with Crippen molar-refractivity contribution in [3.05, 3.63) is 155 Å². The molecule has 0 bridgehead atoms. The predicted octanol–water partition coefficient (Wildman–Crippen LogP) is 9.60. The molecule has 5 aromatic carbocycles. The largest absolute Gasteiger partial charge is 0.289 e. The third-order valence-electron chi connectivity index (χ3n) is 6.27. The van der Waals surface area contributed by atoms with Gasteiger partial charge in [-0.15, -0.1) is 10.2 Å². The first-order valence-electron chi connectivity index (χ1n) is 12.8. The average Bonchev–Trinajstić information content (AvgIpc) is 3.00.